The van der Waals surface area contributed by atoms with Crippen LogP contribution in [-0.4, -0.2) is 24.0 Å². The van der Waals surface area contributed by atoms with E-state index in [1.165, 1.54) is 0 Å². The van der Waals surface area contributed by atoms with Crippen molar-refractivity contribution >= 4 is 36.7 Å². The van der Waals surface area contributed by atoms with Gasteiger partial charge in [-0.05, 0) is 38.1 Å². The van der Waals surface area contributed by atoms with Crippen molar-refractivity contribution in [3.63, 3.8) is 0 Å². The largest absolute Gasteiger partial charge is 0.346 e. The minimum Gasteiger partial charge on any atom is -0.346 e. The number of benzene rings is 1. The van der Waals surface area contributed by atoms with Crippen LogP contribution in [0.15, 0.2) is 34.9 Å². The molecule has 0 atom stereocenters. The summed E-state index contributed by atoms with van der Waals surface area (Å²) in [5.74, 6) is 0.185. The highest BCUT2D eigenvalue weighted by Gasteiger charge is 2.16. The highest BCUT2D eigenvalue weighted by molar-refractivity contribution is 9.10. The van der Waals surface area contributed by atoms with Gasteiger partial charge in [-0.1, -0.05) is 15.9 Å². The fourth-order valence-electron chi connectivity index (χ4n) is 1.83. The Hall–Kier alpha value is -0.810. The summed E-state index contributed by atoms with van der Waals surface area (Å²) in [5, 5.41) is 0.805. The second-order valence-corrected chi connectivity index (χ2v) is 8.22. The van der Waals surface area contributed by atoms with Gasteiger partial charge in [-0.15, -0.1) is 0 Å². The molecule has 0 aliphatic heterocycles. The van der Waals surface area contributed by atoms with Gasteiger partial charge >= 0.3 is 0 Å². The van der Waals surface area contributed by atoms with Crippen LogP contribution in [-0.2, 0) is 16.4 Å². The summed E-state index contributed by atoms with van der Waals surface area (Å²) < 4.78 is 26.6. The number of hydrogen-bond acceptors (Lipinski definition) is 2. The van der Waals surface area contributed by atoms with Crippen LogP contribution in [0.5, 0.6) is 0 Å². The van der Waals surface area contributed by atoms with Crippen molar-refractivity contribution in [2.24, 2.45) is 0 Å². The van der Waals surface area contributed by atoms with Crippen LogP contribution in [0, 0.1) is 0 Å². The van der Waals surface area contributed by atoms with Gasteiger partial charge in [-0.2, -0.15) is 0 Å². The van der Waals surface area contributed by atoms with Crippen LogP contribution in [0.2, 0.25) is 0 Å². The second kappa shape index (κ2) is 5.05. The number of rotatable bonds is 4. The zero-order valence-electron chi connectivity index (χ0n) is 10.4. The van der Waals surface area contributed by atoms with Crippen LogP contribution < -0.4 is 0 Å². The number of aryl methyl sites for hydroxylation is 1. The number of hydrogen-bond donors (Lipinski definition) is 0. The van der Waals surface area contributed by atoms with Gasteiger partial charge in [-0.3, -0.25) is 0 Å². The van der Waals surface area contributed by atoms with E-state index in [4.69, 9.17) is 0 Å². The first-order valence-corrected chi connectivity index (χ1v) is 8.37. The molecule has 0 aliphatic rings. The van der Waals surface area contributed by atoms with Gasteiger partial charge < -0.3 is 4.57 Å². The molecule has 0 saturated heterocycles. The first-order valence-electron chi connectivity index (χ1n) is 5.86. The van der Waals surface area contributed by atoms with E-state index in [1.807, 2.05) is 35.0 Å². The normalized spacial score (nSPS) is 12.4. The van der Waals surface area contributed by atoms with Crippen LogP contribution in [0.25, 0.3) is 10.9 Å². The third-order valence-electron chi connectivity index (χ3n) is 3.07. The summed E-state index contributed by atoms with van der Waals surface area (Å²) in [6, 6.07) is 8.00. The number of halogens is 1. The van der Waals surface area contributed by atoms with Gasteiger partial charge in [0.05, 0.1) is 11.0 Å². The monoisotopic (exact) mass is 329 g/mol. The molecule has 1 aromatic carbocycles. The molecule has 0 saturated carbocycles. The van der Waals surface area contributed by atoms with E-state index in [2.05, 4.69) is 15.9 Å². The van der Waals surface area contributed by atoms with Gasteiger partial charge in [-0.25, -0.2) is 8.42 Å². The van der Waals surface area contributed by atoms with E-state index in [0.29, 0.717) is 6.54 Å². The zero-order valence-corrected chi connectivity index (χ0v) is 12.8. The van der Waals surface area contributed by atoms with Crippen molar-refractivity contribution in [3.8, 4) is 0 Å². The smallest absolute Gasteiger partial charge is 0.154 e. The maximum atomic E-state index is 11.8. The third-order valence-corrected chi connectivity index (χ3v) is 5.75. The number of aromatic nitrogens is 1. The molecule has 0 radical (unpaired) electrons. The molecule has 0 bridgehead atoms. The van der Waals surface area contributed by atoms with Crippen LogP contribution in [0.1, 0.15) is 13.8 Å². The minimum atomic E-state index is -2.98. The van der Waals surface area contributed by atoms with Gasteiger partial charge in [0.2, 0.25) is 0 Å². The van der Waals surface area contributed by atoms with Crippen LogP contribution >= 0.6 is 15.9 Å². The molecule has 0 fully saturated rings. The Balaban J connectivity index is 2.23. The second-order valence-electron chi connectivity index (χ2n) is 4.63. The molecule has 18 heavy (non-hydrogen) atoms. The van der Waals surface area contributed by atoms with E-state index in [1.54, 1.807) is 13.8 Å². The lowest BCUT2D eigenvalue weighted by atomic mass is 10.2. The highest BCUT2D eigenvalue weighted by atomic mass is 79.9. The van der Waals surface area contributed by atoms with Crippen molar-refractivity contribution in [2.45, 2.75) is 25.6 Å². The van der Waals surface area contributed by atoms with E-state index < -0.39 is 9.84 Å². The lowest BCUT2D eigenvalue weighted by molar-refractivity contribution is 0.581. The summed E-state index contributed by atoms with van der Waals surface area (Å²) in [4.78, 5) is 0. The topological polar surface area (TPSA) is 39.1 Å². The third kappa shape index (κ3) is 2.78. The van der Waals surface area contributed by atoms with Gasteiger partial charge in [0, 0.05) is 28.1 Å². The Morgan fingerprint density at radius 1 is 1.28 bits per heavy atom. The average molecular weight is 330 g/mol. The van der Waals surface area contributed by atoms with Crippen molar-refractivity contribution in [2.75, 3.05) is 5.75 Å². The summed E-state index contributed by atoms with van der Waals surface area (Å²) in [6.07, 6.45) is 1.94. The number of fused-ring (bicyclic) bond motifs is 1. The molecule has 1 heterocycles. The molecule has 98 valence electrons. The zero-order chi connectivity index (χ0) is 13.3. The van der Waals surface area contributed by atoms with Gasteiger partial charge in [0.1, 0.15) is 0 Å². The van der Waals surface area contributed by atoms with Gasteiger partial charge in [0.25, 0.3) is 0 Å². The van der Waals surface area contributed by atoms with Gasteiger partial charge in [0.15, 0.2) is 9.84 Å². The summed E-state index contributed by atoms with van der Waals surface area (Å²) in [5.41, 5.74) is 1.07. The molecule has 0 N–H and O–H groups in total. The Morgan fingerprint density at radius 2 is 2.00 bits per heavy atom. The maximum Gasteiger partial charge on any atom is 0.154 e. The standard InChI is InChI=1S/C13H16BrNO2S/c1-10(2)18(16,17)8-7-15-6-5-11-9-12(14)3-4-13(11)15/h3-6,9-10H,7-8H2,1-2H3. The van der Waals surface area contributed by atoms with Crippen molar-refractivity contribution in [1.82, 2.24) is 4.57 Å². The van der Waals surface area contributed by atoms with Crippen LogP contribution in [0.4, 0.5) is 0 Å². The Bertz CT molecular complexity index is 659. The van der Waals surface area contributed by atoms with E-state index in [0.717, 1.165) is 15.4 Å². The summed E-state index contributed by atoms with van der Waals surface area (Å²) in [6.45, 7) is 3.95. The van der Waals surface area contributed by atoms with E-state index >= 15 is 0 Å². The first kappa shape index (κ1) is 13.6. The lowest BCUT2D eigenvalue weighted by Gasteiger charge is -2.09. The van der Waals surface area contributed by atoms with Crippen molar-refractivity contribution in [3.05, 3.63) is 34.9 Å². The average Bonchev–Trinajstić information content (AvgIpc) is 2.68. The van der Waals surface area contributed by atoms with E-state index in [-0.39, 0.29) is 11.0 Å². The molecule has 0 amide bonds. The molecule has 1 aromatic heterocycles. The molecular weight excluding hydrogens is 314 g/mol. The summed E-state index contributed by atoms with van der Waals surface area (Å²) in [7, 11) is -2.98. The SMILES string of the molecule is CC(C)S(=O)(=O)CCn1ccc2cc(Br)ccc21. The molecule has 0 unspecified atom stereocenters. The Labute approximate surface area is 116 Å². The number of sulfone groups is 1. The quantitative estimate of drug-likeness (QED) is 0.863. The Kier molecular flexibility index (Phi) is 3.82. The predicted molar refractivity (Wildman–Crippen MR) is 78.6 cm³/mol. The Morgan fingerprint density at radius 3 is 2.67 bits per heavy atom. The summed E-state index contributed by atoms with van der Waals surface area (Å²) >= 11 is 3.43. The lowest BCUT2D eigenvalue weighted by Crippen LogP contribution is -2.20. The molecule has 2 aromatic rings. The predicted octanol–water partition coefficient (Wildman–Crippen LogP) is 3.23. The molecule has 5 heteroatoms. The molecule has 3 nitrogen and oxygen atoms in total. The molecule has 2 rings (SSSR count). The van der Waals surface area contributed by atoms with Crippen molar-refractivity contribution in [1.29, 1.82) is 0 Å². The van der Waals surface area contributed by atoms with Crippen molar-refractivity contribution < 1.29 is 8.42 Å². The number of nitrogens with zero attached hydrogens (tertiary/aromatic N) is 1. The minimum absolute atomic E-state index is 0.185. The van der Waals surface area contributed by atoms with E-state index in [9.17, 15) is 8.42 Å². The fraction of sp³-hybridized carbons (Fsp3) is 0.385. The molecule has 0 aliphatic carbocycles. The fourth-order valence-corrected chi connectivity index (χ4v) is 3.13. The highest BCUT2D eigenvalue weighted by Crippen LogP contribution is 2.21. The maximum absolute atomic E-state index is 11.8. The molecule has 0 spiro atoms. The molecular formula is C13H16BrNO2S. The van der Waals surface area contributed by atoms with Crippen LogP contribution in [0.3, 0.4) is 0 Å². The first-order chi connectivity index (χ1) is 8.40.